The molecule has 0 bridgehead atoms. The molecule has 3 rings (SSSR count). The van der Waals surface area contributed by atoms with E-state index in [1.54, 1.807) is 7.11 Å². The Bertz CT molecular complexity index is 418. The number of methoxy groups -OCH3 is 1. The first-order chi connectivity index (χ1) is 10.7. The highest BCUT2D eigenvalue weighted by molar-refractivity contribution is 5.08. The van der Waals surface area contributed by atoms with Gasteiger partial charge in [-0.3, -0.25) is 0 Å². The van der Waals surface area contributed by atoms with E-state index in [1.165, 1.54) is 44.9 Å². The van der Waals surface area contributed by atoms with Crippen molar-refractivity contribution in [3.05, 3.63) is 0 Å². The molecule has 0 radical (unpaired) electrons. The summed E-state index contributed by atoms with van der Waals surface area (Å²) in [5.74, 6) is 3.76. The van der Waals surface area contributed by atoms with Gasteiger partial charge in [0.15, 0.2) is 0 Å². The van der Waals surface area contributed by atoms with Crippen LogP contribution in [0.15, 0.2) is 0 Å². The highest BCUT2D eigenvalue weighted by Gasteiger charge is 2.53. The van der Waals surface area contributed by atoms with E-state index in [0.717, 1.165) is 36.7 Å². The van der Waals surface area contributed by atoms with E-state index < -0.39 is 0 Å². The lowest BCUT2D eigenvalue weighted by molar-refractivity contribution is -0.0419. The summed E-state index contributed by atoms with van der Waals surface area (Å²) in [5, 5.41) is 9.47. The van der Waals surface area contributed by atoms with E-state index in [-0.39, 0.29) is 0 Å². The van der Waals surface area contributed by atoms with Gasteiger partial charge in [0.25, 0.3) is 0 Å². The Kier molecular flexibility index (Phi) is 5.10. The van der Waals surface area contributed by atoms with Gasteiger partial charge in [0.05, 0.1) is 12.0 Å². The van der Waals surface area contributed by atoms with Gasteiger partial charge in [0.2, 0.25) is 0 Å². The fraction of sp³-hybridized carbons (Fsp3) is 0.947. The highest BCUT2D eigenvalue weighted by atomic mass is 16.7. The number of nitrogens with zero attached hydrogens (tertiary/aromatic N) is 1. The second-order valence-corrected chi connectivity index (χ2v) is 8.20. The average Bonchev–Trinajstić information content (AvgIpc) is 2.84. The van der Waals surface area contributed by atoms with Crippen LogP contribution in [0.4, 0.5) is 0 Å². The Morgan fingerprint density at radius 1 is 1.14 bits per heavy atom. The predicted octanol–water partition coefficient (Wildman–Crippen LogP) is 4.38. The van der Waals surface area contributed by atoms with Crippen LogP contribution in [0.1, 0.15) is 58.3 Å². The quantitative estimate of drug-likeness (QED) is 0.559. The van der Waals surface area contributed by atoms with E-state index in [0.29, 0.717) is 18.1 Å². The second kappa shape index (κ2) is 6.89. The zero-order valence-corrected chi connectivity index (χ0v) is 14.2. The minimum atomic E-state index is 0.318. The molecule has 0 aromatic carbocycles. The second-order valence-electron chi connectivity index (χ2n) is 8.20. The van der Waals surface area contributed by atoms with Crippen molar-refractivity contribution in [2.75, 3.05) is 20.5 Å². The zero-order valence-electron chi connectivity index (χ0n) is 14.2. The lowest BCUT2D eigenvalue weighted by Gasteiger charge is -2.49. The molecule has 0 N–H and O–H groups in total. The molecule has 3 aliphatic rings. The van der Waals surface area contributed by atoms with Crippen molar-refractivity contribution in [1.29, 1.82) is 5.26 Å². The van der Waals surface area contributed by atoms with Crippen LogP contribution in [-0.2, 0) is 9.47 Å². The SMILES string of the molecule is COCOCC[C@H]1CC[C@@H]2C[C@@]3(C)[C@@H](CC[C@@H]3C#N)C[C@H]2C1. The van der Waals surface area contributed by atoms with E-state index in [1.807, 2.05) is 0 Å². The van der Waals surface area contributed by atoms with Gasteiger partial charge in [-0.05, 0) is 74.0 Å². The maximum atomic E-state index is 9.47. The van der Waals surface area contributed by atoms with Crippen LogP contribution in [-0.4, -0.2) is 20.5 Å². The molecule has 0 aliphatic heterocycles. The lowest BCUT2D eigenvalue weighted by atomic mass is 9.55. The third kappa shape index (κ3) is 3.05. The molecule has 3 fully saturated rings. The van der Waals surface area contributed by atoms with Gasteiger partial charge in [-0.25, -0.2) is 0 Å². The van der Waals surface area contributed by atoms with Crippen LogP contribution in [0, 0.1) is 46.3 Å². The van der Waals surface area contributed by atoms with Crippen LogP contribution in [0.25, 0.3) is 0 Å². The van der Waals surface area contributed by atoms with E-state index in [9.17, 15) is 5.26 Å². The number of rotatable bonds is 5. The summed E-state index contributed by atoms with van der Waals surface area (Å²) in [6, 6.07) is 2.62. The Labute approximate surface area is 135 Å². The van der Waals surface area contributed by atoms with Gasteiger partial charge in [0.1, 0.15) is 6.79 Å². The molecule has 0 unspecified atom stereocenters. The van der Waals surface area contributed by atoms with E-state index >= 15 is 0 Å². The summed E-state index contributed by atoms with van der Waals surface area (Å²) < 4.78 is 10.4. The van der Waals surface area contributed by atoms with Crippen molar-refractivity contribution in [2.45, 2.75) is 58.3 Å². The number of fused-ring (bicyclic) bond motifs is 2. The minimum Gasteiger partial charge on any atom is -0.359 e. The first-order valence-corrected chi connectivity index (χ1v) is 9.13. The Hall–Kier alpha value is -0.590. The molecule has 0 aromatic rings. The number of nitriles is 1. The molecule has 3 nitrogen and oxygen atoms in total. The average molecular weight is 305 g/mol. The lowest BCUT2D eigenvalue weighted by Crippen LogP contribution is -2.42. The Balaban J connectivity index is 1.54. The molecular weight excluding hydrogens is 274 g/mol. The molecule has 0 amide bonds. The number of hydrogen-bond acceptors (Lipinski definition) is 3. The van der Waals surface area contributed by atoms with Crippen molar-refractivity contribution in [1.82, 2.24) is 0 Å². The molecule has 0 aromatic heterocycles. The molecule has 3 heteroatoms. The molecule has 0 spiro atoms. The van der Waals surface area contributed by atoms with Gasteiger partial charge in [-0.2, -0.15) is 5.26 Å². The predicted molar refractivity (Wildman–Crippen MR) is 85.9 cm³/mol. The smallest absolute Gasteiger partial charge is 0.146 e. The van der Waals surface area contributed by atoms with Crippen molar-refractivity contribution < 1.29 is 9.47 Å². The van der Waals surface area contributed by atoms with Crippen molar-refractivity contribution in [3.8, 4) is 6.07 Å². The van der Waals surface area contributed by atoms with Crippen LogP contribution in [0.3, 0.4) is 0 Å². The molecule has 22 heavy (non-hydrogen) atoms. The fourth-order valence-electron chi connectivity index (χ4n) is 5.79. The third-order valence-electron chi connectivity index (χ3n) is 7.10. The summed E-state index contributed by atoms with van der Waals surface area (Å²) >= 11 is 0. The maximum absolute atomic E-state index is 9.47. The standard InChI is InChI=1S/C19H31NO2/c1-19-11-15-4-3-14(7-8-22-13-21-2)9-16(15)10-17(19)5-6-18(19)12-20/h14-18H,3-11,13H2,1-2H3/t14-,15-,16-,17+,18-,19+/m1/s1. The van der Waals surface area contributed by atoms with Gasteiger partial charge < -0.3 is 9.47 Å². The minimum absolute atomic E-state index is 0.318. The van der Waals surface area contributed by atoms with Gasteiger partial charge in [0, 0.05) is 13.7 Å². The van der Waals surface area contributed by atoms with Crippen LogP contribution >= 0.6 is 0 Å². The molecule has 3 aliphatic carbocycles. The third-order valence-corrected chi connectivity index (χ3v) is 7.10. The first kappa shape index (κ1) is 16.3. The van der Waals surface area contributed by atoms with Crippen molar-refractivity contribution in [2.24, 2.45) is 35.0 Å². The normalized spacial score (nSPS) is 44.1. The van der Waals surface area contributed by atoms with Crippen LogP contribution in [0.5, 0.6) is 0 Å². The van der Waals surface area contributed by atoms with Gasteiger partial charge in [-0.1, -0.05) is 13.3 Å². The van der Waals surface area contributed by atoms with Gasteiger partial charge in [-0.15, -0.1) is 0 Å². The summed E-state index contributed by atoms with van der Waals surface area (Å²) in [6.45, 7) is 3.68. The molecule has 0 saturated heterocycles. The Morgan fingerprint density at radius 3 is 2.77 bits per heavy atom. The zero-order chi connectivity index (χ0) is 15.6. The van der Waals surface area contributed by atoms with E-state index in [4.69, 9.17) is 9.47 Å². The fourth-order valence-corrected chi connectivity index (χ4v) is 5.79. The van der Waals surface area contributed by atoms with Crippen LogP contribution < -0.4 is 0 Å². The molecule has 6 atom stereocenters. The number of ether oxygens (including phenoxy) is 2. The summed E-state index contributed by atoms with van der Waals surface area (Å²) in [5.41, 5.74) is 0.324. The van der Waals surface area contributed by atoms with Crippen LogP contribution in [0.2, 0.25) is 0 Å². The highest BCUT2D eigenvalue weighted by Crippen LogP contribution is 2.60. The number of hydrogen-bond donors (Lipinski definition) is 0. The summed E-state index contributed by atoms with van der Waals surface area (Å²) in [7, 11) is 1.68. The van der Waals surface area contributed by atoms with Gasteiger partial charge >= 0.3 is 0 Å². The van der Waals surface area contributed by atoms with Crippen molar-refractivity contribution >= 4 is 0 Å². The summed E-state index contributed by atoms with van der Waals surface area (Å²) in [4.78, 5) is 0. The van der Waals surface area contributed by atoms with Crippen molar-refractivity contribution in [3.63, 3.8) is 0 Å². The maximum Gasteiger partial charge on any atom is 0.146 e. The first-order valence-electron chi connectivity index (χ1n) is 9.13. The van der Waals surface area contributed by atoms with E-state index in [2.05, 4.69) is 13.0 Å². The largest absolute Gasteiger partial charge is 0.359 e. The molecule has 3 saturated carbocycles. The molecule has 0 heterocycles. The molecule has 124 valence electrons. The molecular formula is C19H31NO2. The monoisotopic (exact) mass is 305 g/mol. The topological polar surface area (TPSA) is 42.2 Å². The Morgan fingerprint density at radius 2 is 2.00 bits per heavy atom. The summed E-state index contributed by atoms with van der Waals surface area (Å²) in [6.07, 6.45) is 10.4.